The summed E-state index contributed by atoms with van der Waals surface area (Å²) in [6.07, 6.45) is 2.20. The molecule has 27 heavy (non-hydrogen) atoms. The van der Waals surface area contributed by atoms with Crippen LogP contribution in [0.4, 0.5) is 0 Å². The van der Waals surface area contributed by atoms with Crippen molar-refractivity contribution in [2.45, 2.75) is 38.8 Å². The zero-order valence-corrected chi connectivity index (χ0v) is 15.9. The zero-order chi connectivity index (χ0) is 18.6. The van der Waals surface area contributed by atoms with Crippen molar-refractivity contribution < 1.29 is 14.1 Å². The molecule has 3 aromatic rings. The minimum absolute atomic E-state index is 0.00877. The Bertz CT molecular complexity index is 906. The molecular weight excluding hydrogens is 362 g/mol. The Morgan fingerprint density at radius 1 is 1.37 bits per heavy atom. The highest BCUT2D eigenvalue weighted by Gasteiger charge is 2.32. The number of para-hydroxylation sites is 1. The number of carbonyl (C=O) groups excluding carboxylic acids is 1. The normalized spacial score (nSPS) is 16.6. The van der Waals surface area contributed by atoms with Gasteiger partial charge in [0.1, 0.15) is 28.8 Å². The average Bonchev–Trinajstić information content (AvgIpc) is 3.41. The third-order valence-corrected chi connectivity index (χ3v) is 5.47. The van der Waals surface area contributed by atoms with Gasteiger partial charge in [-0.25, -0.2) is 4.98 Å². The van der Waals surface area contributed by atoms with Crippen molar-refractivity contribution in [2.24, 2.45) is 0 Å². The molecule has 140 valence electrons. The highest BCUT2D eigenvalue weighted by atomic mass is 32.1. The third kappa shape index (κ3) is 4.19. The van der Waals surface area contributed by atoms with E-state index in [-0.39, 0.29) is 11.9 Å². The first-order valence-electron chi connectivity index (χ1n) is 9.03. The predicted molar refractivity (Wildman–Crippen MR) is 102 cm³/mol. The predicted octanol–water partition coefficient (Wildman–Crippen LogP) is 3.92. The average molecular weight is 383 g/mol. The van der Waals surface area contributed by atoms with E-state index in [9.17, 15) is 4.79 Å². The Kier molecular flexibility index (Phi) is 5.20. The van der Waals surface area contributed by atoms with Crippen LogP contribution >= 0.6 is 11.3 Å². The van der Waals surface area contributed by atoms with Gasteiger partial charge >= 0.3 is 0 Å². The van der Waals surface area contributed by atoms with Crippen LogP contribution in [0, 0.1) is 6.92 Å². The van der Waals surface area contributed by atoms with Crippen LogP contribution in [0.1, 0.15) is 41.0 Å². The molecule has 0 bridgehead atoms. The highest BCUT2D eigenvalue weighted by Crippen LogP contribution is 2.32. The second-order valence-electron chi connectivity index (χ2n) is 6.62. The summed E-state index contributed by atoms with van der Waals surface area (Å²) in [5.74, 6) is 1.67. The van der Waals surface area contributed by atoms with Gasteiger partial charge in [-0.15, -0.1) is 11.3 Å². The molecule has 0 N–H and O–H groups in total. The molecule has 4 rings (SSSR count). The molecule has 0 spiro atoms. The fourth-order valence-corrected chi connectivity index (χ4v) is 4.04. The van der Waals surface area contributed by atoms with Crippen LogP contribution in [-0.2, 0) is 17.8 Å². The summed E-state index contributed by atoms with van der Waals surface area (Å²) < 4.78 is 10.9. The molecule has 1 aliphatic heterocycles. The lowest BCUT2D eigenvalue weighted by molar-refractivity contribution is -0.131. The molecule has 7 heteroatoms. The van der Waals surface area contributed by atoms with Crippen LogP contribution in [0.25, 0.3) is 0 Å². The van der Waals surface area contributed by atoms with Crippen molar-refractivity contribution in [1.29, 1.82) is 0 Å². The molecule has 2 aromatic heterocycles. The Hall–Kier alpha value is -2.67. The number of ether oxygens (including phenoxy) is 1. The molecule has 1 atom stereocenters. The summed E-state index contributed by atoms with van der Waals surface area (Å²) in [6, 6.07) is 11.6. The van der Waals surface area contributed by atoms with Crippen LogP contribution < -0.4 is 4.74 Å². The van der Waals surface area contributed by atoms with Crippen molar-refractivity contribution in [2.75, 3.05) is 6.54 Å². The Balaban J connectivity index is 1.36. The third-order valence-electron chi connectivity index (χ3n) is 4.60. The van der Waals surface area contributed by atoms with Crippen molar-refractivity contribution in [3.05, 3.63) is 63.9 Å². The summed E-state index contributed by atoms with van der Waals surface area (Å²) >= 11 is 1.52. The van der Waals surface area contributed by atoms with E-state index < -0.39 is 0 Å². The number of hydrogen-bond acceptors (Lipinski definition) is 6. The molecule has 0 radical (unpaired) electrons. The molecule has 1 saturated heterocycles. The Morgan fingerprint density at radius 3 is 3.00 bits per heavy atom. The van der Waals surface area contributed by atoms with Gasteiger partial charge in [-0.05, 0) is 31.9 Å². The van der Waals surface area contributed by atoms with E-state index in [1.54, 1.807) is 0 Å². The molecule has 3 heterocycles. The van der Waals surface area contributed by atoms with Crippen LogP contribution in [0.15, 0.2) is 46.3 Å². The molecule has 0 saturated carbocycles. The lowest BCUT2D eigenvalue weighted by Crippen LogP contribution is -2.32. The van der Waals surface area contributed by atoms with Gasteiger partial charge in [0.2, 0.25) is 5.91 Å². The van der Waals surface area contributed by atoms with Crippen LogP contribution in [0.2, 0.25) is 0 Å². The first kappa shape index (κ1) is 17.7. The molecule has 1 aromatic carbocycles. The molecular formula is C20H21N3O3S. The summed E-state index contributed by atoms with van der Waals surface area (Å²) in [4.78, 5) is 19.2. The van der Waals surface area contributed by atoms with Crippen LogP contribution in [0.3, 0.4) is 0 Å². The highest BCUT2D eigenvalue weighted by molar-refractivity contribution is 7.09. The number of aryl methyl sites for hydroxylation is 1. The number of thiazole rings is 1. The second kappa shape index (κ2) is 7.92. The molecule has 1 fully saturated rings. The second-order valence-corrected chi connectivity index (χ2v) is 7.56. The number of benzene rings is 1. The minimum Gasteiger partial charge on any atom is -0.486 e. The number of likely N-dealkylation sites (tertiary alicyclic amines) is 1. The van der Waals surface area contributed by atoms with Gasteiger partial charge in [-0.2, -0.15) is 0 Å². The lowest BCUT2D eigenvalue weighted by Gasteiger charge is -2.22. The molecule has 1 aliphatic rings. The van der Waals surface area contributed by atoms with E-state index in [2.05, 4.69) is 10.1 Å². The number of rotatable bonds is 6. The number of hydrogen-bond donors (Lipinski definition) is 0. The van der Waals surface area contributed by atoms with Gasteiger partial charge in [0.15, 0.2) is 0 Å². The minimum atomic E-state index is 0.00877. The number of carbonyl (C=O) groups is 1. The SMILES string of the molecule is Cc1cc(C2CCCN2C(=O)Cc2csc(COc3ccccc3)n2)no1. The first-order valence-corrected chi connectivity index (χ1v) is 9.91. The topological polar surface area (TPSA) is 68.5 Å². The molecule has 1 amide bonds. The van der Waals surface area contributed by atoms with E-state index >= 15 is 0 Å². The summed E-state index contributed by atoms with van der Waals surface area (Å²) in [5, 5.41) is 6.90. The first-order chi connectivity index (χ1) is 13.2. The number of nitrogens with zero attached hydrogens (tertiary/aromatic N) is 3. The Labute approximate surface area is 161 Å². The summed E-state index contributed by atoms with van der Waals surface area (Å²) in [5.41, 5.74) is 1.63. The van der Waals surface area contributed by atoms with Gasteiger partial charge in [0.25, 0.3) is 0 Å². The summed E-state index contributed by atoms with van der Waals surface area (Å²) in [7, 11) is 0. The van der Waals surface area contributed by atoms with E-state index in [4.69, 9.17) is 9.26 Å². The van der Waals surface area contributed by atoms with Crippen molar-refractivity contribution >= 4 is 17.2 Å². The van der Waals surface area contributed by atoms with E-state index in [1.807, 2.05) is 53.6 Å². The fourth-order valence-electron chi connectivity index (χ4n) is 3.33. The standard InChI is InChI=1S/C20H21N3O3S/c1-14-10-17(22-26-14)18-8-5-9-23(18)20(24)11-15-13-27-19(21-15)12-25-16-6-3-2-4-7-16/h2-4,6-7,10,13,18H,5,8-9,11-12H2,1H3. The molecule has 1 unspecified atom stereocenters. The van der Waals surface area contributed by atoms with Crippen molar-refractivity contribution in [1.82, 2.24) is 15.0 Å². The van der Waals surface area contributed by atoms with Gasteiger partial charge in [-0.3, -0.25) is 4.79 Å². The lowest BCUT2D eigenvalue weighted by atomic mass is 10.1. The van der Waals surface area contributed by atoms with Gasteiger partial charge in [-0.1, -0.05) is 23.4 Å². The molecule has 0 aliphatic carbocycles. The molecule has 6 nitrogen and oxygen atoms in total. The zero-order valence-electron chi connectivity index (χ0n) is 15.1. The largest absolute Gasteiger partial charge is 0.486 e. The van der Waals surface area contributed by atoms with E-state index in [0.717, 1.165) is 47.3 Å². The van der Waals surface area contributed by atoms with Crippen LogP contribution in [-0.4, -0.2) is 27.5 Å². The monoisotopic (exact) mass is 383 g/mol. The number of aromatic nitrogens is 2. The number of amides is 1. The fraction of sp³-hybridized carbons (Fsp3) is 0.350. The van der Waals surface area contributed by atoms with Crippen LogP contribution in [0.5, 0.6) is 5.75 Å². The quantitative estimate of drug-likeness (QED) is 0.645. The Morgan fingerprint density at radius 2 is 2.22 bits per heavy atom. The van der Waals surface area contributed by atoms with Gasteiger partial charge in [0.05, 0.1) is 18.2 Å². The van der Waals surface area contributed by atoms with E-state index in [0.29, 0.717) is 13.0 Å². The van der Waals surface area contributed by atoms with E-state index in [1.165, 1.54) is 11.3 Å². The summed E-state index contributed by atoms with van der Waals surface area (Å²) in [6.45, 7) is 3.03. The maximum atomic E-state index is 12.8. The smallest absolute Gasteiger partial charge is 0.229 e. The maximum Gasteiger partial charge on any atom is 0.229 e. The van der Waals surface area contributed by atoms with Gasteiger partial charge < -0.3 is 14.2 Å². The maximum absolute atomic E-state index is 12.8. The van der Waals surface area contributed by atoms with Gasteiger partial charge in [0, 0.05) is 18.0 Å². The van der Waals surface area contributed by atoms with Crippen molar-refractivity contribution in [3.8, 4) is 5.75 Å². The van der Waals surface area contributed by atoms with Crippen molar-refractivity contribution in [3.63, 3.8) is 0 Å².